The lowest BCUT2D eigenvalue weighted by molar-refractivity contribution is -0.137. The van der Waals surface area contributed by atoms with E-state index in [1.165, 1.54) is 10.7 Å². The van der Waals surface area contributed by atoms with Gasteiger partial charge in [-0.05, 0) is 43.2 Å². The summed E-state index contributed by atoms with van der Waals surface area (Å²) in [5.74, 6) is 2.35. The maximum atomic E-state index is 12.7. The molecular weight excluding hydrogens is 463 g/mol. The molecule has 0 aliphatic carbocycles. The van der Waals surface area contributed by atoms with Crippen molar-refractivity contribution < 1.29 is 22.6 Å². The number of ether oxygens (including phenoxy) is 2. The van der Waals surface area contributed by atoms with Crippen molar-refractivity contribution in [3.8, 4) is 17.4 Å². The molecule has 182 valence electrons. The fourth-order valence-corrected chi connectivity index (χ4v) is 3.35. The van der Waals surface area contributed by atoms with Crippen LogP contribution in [0.15, 0.2) is 42.6 Å². The Morgan fingerprint density at radius 2 is 1.83 bits per heavy atom. The van der Waals surface area contributed by atoms with Crippen LogP contribution >= 0.6 is 0 Å². The average Bonchev–Trinajstić information content (AvgIpc) is 3.18. The second-order valence-corrected chi connectivity index (χ2v) is 7.72. The Hall–Kier alpha value is -4.22. The lowest BCUT2D eigenvalue weighted by atomic mass is 10.1. The van der Waals surface area contributed by atoms with E-state index in [0.717, 1.165) is 29.1 Å². The Morgan fingerprint density at radius 1 is 1.03 bits per heavy atom. The number of nitrogen functional groups attached to an aromatic ring is 1. The molecule has 0 aliphatic heterocycles. The smallest absolute Gasteiger partial charge is 0.417 e. The maximum absolute atomic E-state index is 12.7. The molecule has 3 heterocycles. The molecule has 0 amide bonds. The molecule has 0 fully saturated rings. The van der Waals surface area contributed by atoms with Gasteiger partial charge in [0, 0.05) is 18.7 Å². The highest BCUT2D eigenvalue weighted by molar-refractivity contribution is 5.39. The Labute approximate surface area is 198 Å². The van der Waals surface area contributed by atoms with E-state index >= 15 is 0 Å². The average molecular weight is 485 g/mol. The molecule has 4 aromatic rings. The van der Waals surface area contributed by atoms with Crippen LogP contribution in [-0.4, -0.2) is 36.8 Å². The second-order valence-electron chi connectivity index (χ2n) is 7.72. The molecule has 0 spiro atoms. The van der Waals surface area contributed by atoms with Crippen LogP contribution in [0, 0.1) is 13.8 Å². The third-order valence-corrected chi connectivity index (χ3v) is 5.06. The number of alkyl halides is 3. The molecule has 2 N–H and O–H groups in total. The van der Waals surface area contributed by atoms with Gasteiger partial charge in [-0.2, -0.15) is 27.8 Å². The minimum atomic E-state index is -4.45. The van der Waals surface area contributed by atoms with E-state index in [2.05, 4.69) is 25.0 Å². The van der Waals surface area contributed by atoms with Gasteiger partial charge in [0.2, 0.25) is 11.8 Å². The van der Waals surface area contributed by atoms with E-state index < -0.39 is 11.7 Å². The molecule has 0 saturated carbocycles. The predicted octanol–water partition coefficient (Wildman–Crippen LogP) is 3.85. The SMILES string of the molecule is COc1cc(Cc2nc(N)nn2-c2cc(OCc3ccc(C(F)(F)F)cn3)nc(C)n2)ccc1C. The van der Waals surface area contributed by atoms with Crippen molar-refractivity contribution in [2.24, 2.45) is 0 Å². The third-order valence-electron chi connectivity index (χ3n) is 5.06. The zero-order valence-corrected chi connectivity index (χ0v) is 19.2. The van der Waals surface area contributed by atoms with E-state index in [-0.39, 0.29) is 18.4 Å². The number of benzene rings is 1. The van der Waals surface area contributed by atoms with Gasteiger partial charge in [0.1, 0.15) is 24.0 Å². The van der Waals surface area contributed by atoms with Crippen LogP contribution < -0.4 is 15.2 Å². The molecule has 1 aromatic carbocycles. The van der Waals surface area contributed by atoms with Gasteiger partial charge in [-0.25, -0.2) is 4.98 Å². The number of aryl methyl sites for hydroxylation is 2. The Morgan fingerprint density at radius 3 is 2.51 bits per heavy atom. The van der Waals surface area contributed by atoms with Crippen molar-refractivity contribution in [2.75, 3.05) is 12.8 Å². The van der Waals surface area contributed by atoms with Gasteiger partial charge in [0.05, 0.1) is 18.4 Å². The quantitative estimate of drug-likeness (QED) is 0.420. The molecule has 0 radical (unpaired) electrons. The summed E-state index contributed by atoms with van der Waals surface area (Å²) in [5.41, 5.74) is 7.31. The standard InChI is InChI=1S/C23H22F3N7O2/c1-13-4-5-15(8-18(13)34-3)9-19-31-22(27)32-33(19)20-10-21(30-14(2)29-20)35-12-17-7-6-16(11-28-17)23(24,25)26/h4-8,10-11H,9,12H2,1-3H3,(H2,27,32). The van der Waals surface area contributed by atoms with Crippen LogP contribution in [0.4, 0.5) is 19.1 Å². The van der Waals surface area contributed by atoms with Gasteiger partial charge in [-0.15, -0.1) is 5.10 Å². The van der Waals surface area contributed by atoms with Crippen LogP contribution in [0.2, 0.25) is 0 Å². The number of anilines is 1. The summed E-state index contributed by atoms with van der Waals surface area (Å²) in [6.07, 6.45) is -3.28. The zero-order chi connectivity index (χ0) is 25.2. The fourth-order valence-electron chi connectivity index (χ4n) is 3.35. The molecule has 4 rings (SSSR count). The molecule has 0 saturated heterocycles. The summed E-state index contributed by atoms with van der Waals surface area (Å²) in [4.78, 5) is 16.8. The zero-order valence-electron chi connectivity index (χ0n) is 19.2. The van der Waals surface area contributed by atoms with Gasteiger partial charge >= 0.3 is 6.18 Å². The topological polar surface area (TPSA) is 114 Å². The Balaban J connectivity index is 1.56. The molecule has 0 unspecified atom stereocenters. The minimum absolute atomic E-state index is 0.0757. The monoisotopic (exact) mass is 485 g/mol. The summed E-state index contributed by atoms with van der Waals surface area (Å²) in [5, 5.41) is 4.26. The predicted molar refractivity (Wildman–Crippen MR) is 120 cm³/mol. The van der Waals surface area contributed by atoms with Crippen molar-refractivity contribution in [3.05, 3.63) is 76.6 Å². The first kappa shape index (κ1) is 23.9. The first-order valence-corrected chi connectivity index (χ1v) is 10.5. The van der Waals surface area contributed by atoms with Crippen molar-refractivity contribution in [2.45, 2.75) is 33.1 Å². The molecule has 0 atom stereocenters. The van der Waals surface area contributed by atoms with Gasteiger partial charge in [-0.3, -0.25) is 4.98 Å². The number of rotatable bonds is 7. The molecule has 0 bridgehead atoms. The molecule has 12 heteroatoms. The highest BCUT2D eigenvalue weighted by Crippen LogP contribution is 2.28. The third kappa shape index (κ3) is 5.65. The normalized spacial score (nSPS) is 11.5. The van der Waals surface area contributed by atoms with Crippen LogP contribution in [0.5, 0.6) is 11.6 Å². The minimum Gasteiger partial charge on any atom is -0.496 e. The first-order chi connectivity index (χ1) is 16.6. The van der Waals surface area contributed by atoms with Crippen molar-refractivity contribution >= 4 is 5.95 Å². The molecule has 3 aromatic heterocycles. The van der Waals surface area contributed by atoms with Crippen LogP contribution in [0.3, 0.4) is 0 Å². The lowest BCUT2D eigenvalue weighted by Crippen LogP contribution is -2.10. The van der Waals surface area contributed by atoms with E-state index in [9.17, 15) is 13.2 Å². The van der Waals surface area contributed by atoms with Gasteiger partial charge in [0.15, 0.2) is 5.82 Å². The van der Waals surface area contributed by atoms with Crippen LogP contribution in [0.25, 0.3) is 5.82 Å². The highest BCUT2D eigenvalue weighted by Gasteiger charge is 2.30. The number of nitrogens with two attached hydrogens (primary N) is 1. The Bertz CT molecular complexity index is 1340. The van der Waals surface area contributed by atoms with Gasteiger partial charge < -0.3 is 15.2 Å². The van der Waals surface area contributed by atoms with Crippen LogP contribution in [-0.2, 0) is 19.2 Å². The molecule has 0 aliphatic rings. The summed E-state index contributed by atoms with van der Waals surface area (Å²) < 4.78 is 50.8. The largest absolute Gasteiger partial charge is 0.496 e. The van der Waals surface area contributed by atoms with E-state index in [1.54, 1.807) is 20.1 Å². The van der Waals surface area contributed by atoms with E-state index in [0.29, 0.717) is 29.6 Å². The summed E-state index contributed by atoms with van der Waals surface area (Å²) in [6.45, 7) is 3.55. The molecule has 9 nitrogen and oxygen atoms in total. The van der Waals surface area contributed by atoms with E-state index in [4.69, 9.17) is 15.2 Å². The lowest BCUT2D eigenvalue weighted by Gasteiger charge is -2.11. The van der Waals surface area contributed by atoms with Gasteiger partial charge in [-0.1, -0.05) is 12.1 Å². The summed E-state index contributed by atoms with van der Waals surface area (Å²) in [7, 11) is 1.61. The number of hydrogen-bond donors (Lipinski definition) is 1. The number of halogens is 3. The van der Waals surface area contributed by atoms with E-state index in [1.807, 2.05) is 25.1 Å². The Kier molecular flexibility index (Phi) is 6.54. The first-order valence-electron chi connectivity index (χ1n) is 10.5. The number of aromatic nitrogens is 6. The number of pyridine rings is 1. The van der Waals surface area contributed by atoms with Crippen LogP contribution in [0.1, 0.15) is 34.0 Å². The van der Waals surface area contributed by atoms with Gasteiger partial charge in [0.25, 0.3) is 0 Å². The van der Waals surface area contributed by atoms with Crippen molar-refractivity contribution in [1.29, 1.82) is 0 Å². The summed E-state index contributed by atoms with van der Waals surface area (Å²) >= 11 is 0. The highest BCUT2D eigenvalue weighted by atomic mass is 19.4. The maximum Gasteiger partial charge on any atom is 0.417 e. The second kappa shape index (κ2) is 9.57. The molecule has 35 heavy (non-hydrogen) atoms. The van der Waals surface area contributed by atoms with Crippen molar-refractivity contribution in [1.82, 2.24) is 29.7 Å². The fraction of sp³-hybridized carbons (Fsp3) is 0.261. The number of hydrogen-bond acceptors (Lipinski definition) is 8. The number of nitrogens with zero attached hydrogens (tertiary/aromatic N) is 6. The summed E-state index contributed by atoms with van der Waals surface area (Å²) in [6, 6.07) is 9.58. The molecular formula is C23H22F3N7O2. The van der Waals surface area contributed by atoms with Crippen molar-refractivity contribution in [3.63, 3.8) is 0 Å². The number of methoxy groups -OCH3 is 1.